The highest BCUT2D eigenvalue weighted by Gasteiger charge is 2.22. The summed E-state index contributed by atoms with van der Waals surface area (Å²) in [5, 5.41) is 5.40. The Hall–Kier alpha value is -2.45. The lowest BCUT2D eigenvalue weighted by atomic mass is 10.3. The summed E-state index contributed by atoms with van der Waals surface area (Å²) in [5.74, 6) is 0.908. The topological polar surface area (TPSA) is 70.3 Å². The summed E-state index contributed by atoms with van der Waals surface area (Å²) in [4.78, 5) is 17.2. The molecular formula is C17H17ClN6OS. The van der Waals surface area contributed by atoms with Crippen molar-refractivity contribution in [2.45, 2.75) is 6.54 Å². The van der Waals surface area contributed by atoms with E-state index in [-0.39, 0.29) is 0 Å². The van der Waals surface area contributed by atoms with Crippen LogP contribution in [-0.4, -0.2) is 51.1 Å². The van der Waals surface area contributed by atoms with Crippen LogP contribution < -0.4 is 10.2 Å². The van der Waals surface area contributed by atoms with Crippen molar-refractivity contribution in [3.05, 3.63) is 47.7 Å². The predicted octanol–water partition coefficient (Wildman–Crippen LogP) is 2.47. The summed E-state index contributed by atoms with van der Waals surface area (Å²) in [7, 11) is 0. The quantitative estimate of drug-likeness (QED) is 0.542. The van der Waals surface area contributed by atoms with Crippen LogP contribution in [0.4, 0.5) is 5.82 Å². The molecule has 0 atom stereocenters. The number of nitrogens with one attached hydrogen (secondary N) is 1. The first-order chi connectivity index (χ1) is 12.7. The highest BCUT2D eigenvalue weighted by Crippen LogP contribution is 2.24. The lowest BCUT2D eigenvalue weighted by Gasteiger charge is -2.36. The second-order valence-corrected chi connectivity index (χ2v) is 6.70. The van der Waals surface area contributed by atoms with Crippen LogP contribution in [0.2, 0.25) is 5.15 Å². The maximum Gasteiger partial charge on any atom is 0.231 e. The summed E-state index contributed by atoms with van der Waals surface area (Å²) in [5.41, 5.74) is 1.48. The number of piperazine rings is 1. The molecule has 0 bridgehead atoms. The summed E-state index contributed by atoms with van der Waals surface area (Å²) < 4.78 is 5.36. The van der Waals surface area contributed by atoms with Crippen LogP contribution in [0.3, 0.4) is 0 Å². The SMILES string of the molecule is S=C(NCc1cccc(Cl)n1)N1CCN(c2ncnc3occc23)CC1. The second-order valence-electron chi connectivity index (χ2n) is 5.92. The molecule has 0 saturated carbocycles. The summed E-state index contributed by atoms with van der Waals surface area (Å²) in [6.07, 6.45) is 3.18. The van der Waals surface area contributed by atoms with Crippen molar-refractivity contribution < 1.29 is 4.42 Å². The van der Waals surface area contributed by atoms with Crippen LogP contribution in [0, 0.1) is 0 Å². The Morgan fingerprint density at radius 3 is 2.85 bits per heavy atom. The Labute approximate surface area is 161 Å². The molecule has 0 aromatic carbocycles. The van der Waals surface area contributed by atoms with Crippen LogP contribution >= 0.6 is 23.8 Å². The van der Waals surface area contributed by atoms with Gasteiger partial charge in [-0.1, -0.05) is 17.7 Å². The minimum absolute atomic E-state index is 0.485. The highest BCUT2D eigenvalue weighted by molar-refractivity contribution is 7.80. The van der Waals surface area contributed by atoms with E-state index in [0.717, 1.165) is 48.2 Å². The molecule has 7 nitrogen and oxygen atoms in total. The van der Waals surface area contributed by atoms with Crippen molar-refractivity contribution in [3.8, 4) is 0 Å². The van der Waals surface area contributed by atoms with E-state index in [1.54, 1.807) is 12.3 Å². The summed E-state index contributed by atoms with van der Waals surface area (Å²) in [6.45, 7) is 3.85. The van der Waals surface area contributed by atoms with Crippen molar-refractivity contribution in [3.63, 3.8) is 0 Å². The standard InChI is InChI=1S/C17H17ClN6OS/c18-14-3-1-2-12(22-14)10-19-17(26)24-7-5-23(6-8-24)15-13-4-9-25-16(13)21-11-20-15/h1-4,9,11H,5-8,10H2,(H,19,26). The number of hydrogen-bond donors (Lipinski definition) is 1. The molecule has 0 aliphatic carbocycles. The van der Waals surface area contributed by atoms with Gasteiger partial charge in [0.25, 0.3) is 0 Å². The van der Waals surface area contributed by atoms with Gasteiger partial charge >= 0.3 is 0 Å². The van der Waals surface area contributed by atoms with Crippen LogP contribution in [-0.2, 0) is 6.54 Å². The molecule has 3 aromatic heterocycles. The fourth-order valence-corrected chi connectivity index (χ4v) is 3.41. The van der Waals surface area contributed by atoms with E-state index in [0.29, 0.717) is 17.4 Å². The summed E-state index contributed by atoms with van der Waals surface area (Å²) >= 11 is 11.4. The second kappa shape index (κ2) is 7.43. The van der Waals surface area contributed by atoms with Gasteiger partial charge in [-0.2, -0.15) is 0 Å². The molecule has 3 aromatic rings. The van der Waals surface area contributed by atoms with Gasteiger partial charge in [0.1, 0.15) is 17.3 Å². The third-order valence-electron chi connectivity index (χ3n) is 4.30. The molecule has 1 aliphatic rings. The first kappa shape index (κ1) is 17.0. The van der Waals surface area contributed by atoms with Crippen molar-refractivity contribution in [1.82, 2.24) is 25.2 Å². The summed E-state index contributed by atoms with van der Waals surface area (Å²) in [6, 6.07) is 7.46. The minimum atomic E-state index is 0.485. The molecule has 0 radical (unpaired) electrons. The molecule has 0 amide bonds. The zero-order valence-corrected chi connectivity index (χ0v) is 15.5. The average molecular weight is 389 g/mol. The predicted molar refractivity (Wildman–Crippen MR) is 104 cm³/mol. The van der Waals surface area contributed by atoms with Crippen LogP contribution in [0.1, 0.15) is 5.69 Å². The average Bonchev–Trinajstić information content (AvgIpc) is 3.15. The smallest absolute Gasteiger partial charge is 0.231 e. The number of fused-ring (bicyclic) bond motifs is 1. The normalized spacial score (nSPS) is 14.7. The molecule has 1 fully saturated rings. The fraction of sp³-hybridized carbons (Fsp3) is 0.294. The lowest BCUT2D eigenvalue weighted by Crippen LogP contribution is -2.51. The van der Waals surface area contributed by atoms with E-state index in [1.807, 2.05) is 18.2 Å². The van der Waals surface area contributed by atoms with Crippen LogP contribution in [0.25, 0.3) is 11.1 Å². The van der Waals surface area contributed by atoms with E-state index in [9.17, 15) is 0 Å². The zero-order chi connectivity index (χ0) is 17.9. The maximum absolute atomic E-state index is 5.91. The van der Waals surface area contributed by atoms with Gasteiger partial charge in [0.05, 0.1) is 23.9 Å². The van der Waals surface area contributed by atoms with Gasteiger partial charge in [0.2, 0.25) is 5.71 Å². The van der Waals surface area contributed by atoms with Crippen molar-refractivity contribution in [2.75, 3.05) is 31.1 Å². The number of halogens is 1. The molecule has 4 rings (SSSR count). The van der Waals surface area contributed by atoms with E-state index in [1.165, 1.54) is 6.33 Å². The number of thiocarbonyl (C=S) groups is 1. The van der Waals surface area contributed by atoms with Crippen molar-refractivity contribution in [1.29, 1.82) is 0 Å². The van der Waals surface area contributed by atoms with Crippen molar-refractivity contribution >= 4 is 45.8 Å². The maximum atomic E-state index is 5.91. The van der Waals surface area contributed by atoms with Gasteiger partial charge in [-0.15, -0.1) is 0 Å². The number of nitrogens with zero attached hydrogens (tertiary/aromatic N) is 5. The van der Waals surface area contributed by atoms with Gasteiger partial charge in [-0.05, 0) is 30.4 Å². The van der Waals surface area contributed by atoms with Crippen LogP contribution in [0.5, 0.6) is 0 Å². The first-order valence-electron chi connectivity index (χ1n) is 8.28. The number of hydrogen-bond acceptors (Lipinski definition) is 6. The minimum Gasteiger partial charge on any atom is -0.446 e. The van der Waals surface area contributed by atoms with E-state index >= 15 is 0 Å². The monoisotopic (exact) mass is 388 g/mol. The van der Waals surface area contributed by atoms with Gasteiger partial charge in [0, 0.05) is 26.2 Å². The number of pyridine rings is 1. The molecule has 4 heterocycles. The largest absolute Gasteiger partial charge is 0.446 e. The zero-order valence-electron chi connectivity index (χ0n) is 13.9. The Balaban J connectivity index is 1.34. The Bertz CT molecular complexity index is 924. The lowest BCUT2D eigenvalue weighted by molar-refractivity contribution is 0.379. The van der Waals surface area contributed by atoms with E-state index in [4.69, 9.17) is 28.2 Å². The molecule has 9 heteroatoms. The van der Waals surface area contributed by atoms with Gasteiger partial charge in [0.15, 0.2) is 5.11 Å². The number of aromatic nitrogens is 3. The Morgan fingerprint density at radius 1 is 1.19 bits per heavy atom. The number of furan rings is 1. The van der Waals surface area contributed by atoms with Gasteiger partial charge in [-0.25, -0.2) is 15.0 Å². The first-order valence-corrected chi connectivity index (χ1v) is 9.07. The third-order valence-corrected chi connectivity index (χ3v) is 4.91. The van der Waals surface area contributed by atoms with Gasteiger partial charge < -0.3 is 19.5 Å². The Morgan fingerprint density at radius 2 is 2.04 bits per heavy atom. The third kappa shape index (κ3) is 3.56. The fourth-order valence-electron chi connectivity index (χ4n) is 2.98. The molecule has 0 spiro atoms. The molecule has 0 unspecified atom stereocenters. The number of rotatable bonds is 3. The van der Waals surface area contributed by atoms with Crippen molar-refractivity contribution in [2.24, 2.45) is 0 Å². The molecule has 1 aliphatic heterocycles. The molecule has 1 saturated heterocycles. The molecule has 134 valence electrons. The van der Waals surface area contributed by atoms with E-state index in [2.05, 4.69) is 30.1 Å². The molecule has 1 N–H and O–H groups in total. The number of anilines is 1. The van der Waals surface area contributed by atoms with Crippen LogP contribution in [0.15, 0.2) is 41.3 Å². The molecule has 26 heavy (non-hydrogen) atoms. The van der Waals surface area contributed by atoms with E-state index < -0.39 is 0 Å². The Kier molecular flexibility index (Phi) is 4.85. The van der Waals surface area contributed by atoms with Gasteiger partial charge in [-0.3, -0.25) is 0 Å². The molecular weight excluding hydrogens is 372 g/mol. The highest BCUT2D eigenvalue weighted by atomic mass is 35.5.